The molecule has 0 aromatic rings. The first-order chi connectivity index (χ1) is 4.42. The molecule has 0 saturated heterocycles. The van der Waals surface area contributed by atoms with Gasteiger partial charge < -0.3 is 14.9 Å². The minimum atomic E-state index is -4.59. The average molecular weight is 172 g/mol. The van der Waals surface area contributed by atoms with Gasteiger partial charge in [-0.15, -0.1) is 0 Å². The van der Waals surface area contributed by atoms with Crippen LogP contribution in [0.5, 0.6) is 0 Å². The van der Waals surface area contributed by atoms with E-state index in [9.17, 15) is 23.2 Å². The summed E-state index contributed by atoms with van der Waals surface area (Å²) >= 11 is 0. The second-order valence-corrected chi connectivity index (χ2v) is 1.26. The number of hydrogen-bond donors (Lipinski definition) is 0. The molecule has 0 aromatic carbocycles. The van der Waals surface area contributed by atoms with E-state index in [1.54, 1.807) is 0 Å². The van der Waals surface area contributed by atoms with E-state index in [4.69, 9.17) is 0 Å². The molecule has 0 fully saturated rings. The van der Waals surface area contributed by atoms with E-state index in [1.165, 1.54) is 0 Å². The molecule has 0 radical (unpaired) electrons. The van der Waals surface area contributed by atoms with E-state index in [0.29, 0.717) is 0 Å². The molecule has 0 rings (SSSR count). The van der Waals surface area contributed by atoms with Crippen molar-refractivity contribution in [3.05, 3.63) is 0 Å². The van der Waals surface area contributed by atoms with Gasteiger partial charge in [0.15, 0.2) is 6.61 Å². The van der Waals surface area contributed by atoms with Crippen molar-refractivity contribution in [3.8, 4) is 0 Å². The molecule has 0 aliphatic rings. The van der Waals surface area contributed by atoms with E-state index in [1.807, 2.05) is 0 Å². The van der Waals surface area contributed by atoms with E-state index in [0.717, 1.165) is 0 Å². The maximum atomic E-state index is 11.1. The Bertz CT molecular complexity index is 101. The molecule has 0 aliphatic heterocycles. The number of rotatable bonds is 3. The fourth-order valence-electron chi connectivity index (χ4n) is 0.156. The van der Waals surface area contributed by atoms with Gasteiger partial charge in [0, 0.05) is 0 Å². The first-order valence-corrected chi connectivity index (χ1v) is 2.08. The molecule has 0 aliphatic carbocycles. The summed E-state index contributed by atoms with van der Waals surface area (Å²) in [6.07, 6.45) is -4.59. The predicted octanol–water partition coefficient (Wildman–Crippen LogP) is -7.79. The zero-order valence-electron chi connectivity index (χ0n) is 6.55. The molecule has 60 valence electrons. The zero-order valence-corrected chi connectivity index (χ0v) is 6.55. The monoisotopic (exact) mass is 172 g/mol. The van der Waals surface area contributed by atoms with Crippen LogP contribution in [0.15, 0.2) is 0 Å². The molecule has 12 heavy (non-hydrogen) atoms. The van der Waals surface area contributed by atoms with Crippen LogP contribution in [0.3, 0.4) is 0 Å². The molecule has 0 aromatic heterocycles. The van der Waals surface area contributed by atoms with Crippen molar-refractivity contribution >= 4 is 7.32 Å². The summed E-state index contributed by atoms with van der Waals surface area (Å²) in [5, 5.41) is 18.7. The van der Waals surface area contributed by atoms with Crippen LogP contribution in [0, 0.1) is 0 Å². The van der Waals surface area contributed by atoms with Crippen molar-refractivity contribution < 1.29 is 70.6 Å². The van der Waals surface area contributed by atoms with Crippen LogP contribution >= 0.6 is 0 Å². The topological polar surface area (TPSA) is 64.6 Å². The third-order valence-corrected chi connectivity index (χ3v) is 0.369. The Kier molecular flexibility index (Phi) is 13.2. The second kappa shape index (κ2) is 8.49. The Hall–Kier alpha value is 0.890. The first kappa shape index (κ1) is 18.6. The van der Waals surface area contributed by atoms with Crippen molar-refractivity contribution in [2.45, 2.75) is 6.18 Å². The molecule has 0 bridgehead atoms. The molecule has 0 atom stereocenters. The second-order valence-electron chi connectivity index (χ2n) is 1.26. The van der Waals surface area contributed by atoms with Gasteiger partial charge in [-0.3, -0.25) is 0 Å². The number of alkyl halides is 3. The van der Waals surface area contributed by atoms with E-state index in [-0.39, 0.29) is 37.7 Å². The smallest absolute Gasteiger partial charge is 0.868 e. The standard InChI is InChI=1S/C2H2BF3O4.2Li/c4-2(5,6)1-9-10-3(7)8;;/h1H2;;/q-2;2*+1. The number of hydrogen-bond acceptors (Lipinski definition) is 4. The van der Waals surface area contributed by atoms with Crippen molar-refractivity contribution in [3.63, 3.8) is 0 Å². The maximum Gasteiger partial charge on any atom is 1.00 e. The van der Waals surface area contributed by atoms with E-state index < -0.39 is 20.1 Å². The Balaban J connectivity index is -0.000000405. The summed E-state index contributed by atoms with van der Waals surface area (Å²) in [6.45, 7) is -1.76. The summed E-state index contributed by atoms with van der Waals surface area (Å²) in [6, 6.07) is 0. The van der Waals surface area contributed by atoms with Crippen molar-refractivity contribution in [1.29, 1.82) is 0 Å². The summed E-state index contributed by atoms with van der Waals surface area (Å²) in [5.74, 6) is 0. The van der Waals surface area contributed by atoms with Gasteiger partial charge in [-0.25, -0.2) is 4.89 Å². The summed E-state index contributed by atoms with van der Waals surface area (Å²) in [4.78, 5) is 6.30. The molecule has 4 nitrogen and oxygen atoms in total. The van der Waals surface area contributed by atoms with Gasteiger partial charge >= 0.3 is 43.9 Å². The molecule has 0 spiro atoms. The molecule has 0 N–H and O–H groups in total. The average Bonchev–Trinajstić information content (AvgIpc) is 1.59. The number of halogens is 3. The van der Waals surface area contributed by atoms with Gasteiger partial charge in [-0.1, -0.05) is 0 Å². The van der Waals surface area contributed by atoms with Gasteiger partial charge in [-0.2, -0.15) is 13.2 Å². The fourth-order valence-corrected chi connectivity index (χ4v) is 0.156. The van der Waals surface area contributed by atoms with Gasteiger partial charge in [0.05, 0.1) is 0 Å². The van der Waals surface area contributed by atoms with Gasteiger partial charge in [-0.05, 0) is 0 Å². The normalized spacial score (nSPS) is 9.75. The van der Waals surface area contributed by atoms with Crippen LogP contribution in [-0.2, 0) is 9.69 Å². The molecule has 0 unspecified atom stereocenters. The Labute approximate surface area is 90.9 Å². The Morgan fingerprint density at radius 3 is 1.83 bits per heavy atom. The van der Waals surface area contributed by atoms with Gasteiger partial charge in [0.2, 0.25) is 0 Å². The van der Waals surface area contributed by atoms with E-state index >= 15 is 0 Å². The minimum Gasteiger partial charge on any atom is -0.868 e. The zero-order chi connectivity index (χ0) is 8.20. The van der Waals surface area contributed by atoms with Crippen LogP contribution < -0.4 is 47.8 Å². The van der Waals surface area contributed by atoms with E-state index in [2.05, 4.69) is 9.69 Å². The van der Waals surface area contributed by atoms with Crippen molar-refractivity contribution in [1.82, 2.24) is 0 Å². The largest absolute Gasteiger partial charge is 1.00 e. The summed E-state index contributed by atoms with van der Waals surface area (Å²) in [5.41, 5.74) is 0. The predicted molar refractivity (Wildman–Crippen MR) is 18.8 cm³/mol. The van der Waals surface area contributed by atoms with Crippen LogP contribution in [0.1, 0.15) is 0 Å². The molecule has 0 heterocycles. The summed E-state index contributed by atoms with van der Waals surface area (Å²) < 4.78 is 33.3. The third-order valence-electron chi connectivity index (χ3n) is 0.369. The molecule has 0 saturated carbocycles. The Morgan fingerprint density at radius 2 is 1.58 bits per heavy atom. The first-order valence-electron chi connectivity index (χ1n) is 2.08. The SMILES string of the molecule is [Li+].[Li+].[O-]B([O-])OOCC(F)(F)F. The van der Waals surface area contributed by atoms with Gasteiger partial charge in [0.25, 0.3) is 0 Å². The molecule has 10 heteroatoms. The molecular formula is C2H2BF3Li2O4. The van der Waals surface area contributed by atoms with Crippen LogP contribution in [0.4, 0.5) is 13.2 Å². The quantitative estimate of drug-likeness (QED) is 0.241. The van der Waals surface area contributed by atoms with Crippen molar-refractivity contribution in [2.24, 2.45) is 0 Å². The molecule has 0 amide bonds. The van der Waals surface area contributed by atoms with Gasteiger partial charge in [0.1, 0.15) is 7.32 Å². The Morgan fingerprint density at radius 1 is 1.17 bits per heavy atom. The third kappa shape index (κ3) is 17.1. The van der Waals surface area contributed by atoms with Crippen LogP contribution in [0.2, 0.25) is 0 Å². The minimum absolute atomic E-state index is 0. The van der Waals surface area contributed by atoms with Crippen LogP contribution in [0.25, 0.3) is 0 Å². The maximum absolute atomic E-state index is 11.1. The fraction of sp³-hybridized carbons (Fsp3) is 1.00. The van der Waals surface area contributed by atoms with Crippen LogP contribution in [-0.4, -0.2) is 20.1 Å². The van der Waals surface area contributed by atoms with Crippen molar-refractivity contribution in [2.75, 3.05) is 6.61 Å². The molecular weight excluding hydrogens is 170 g/mol. The summed E-state index contributed by atoms with van der Waals surface area (Å²) in [7, 11) is -2.85.